The first-order valence-corrected chi connectivity index (χ1v) is 4.72. The van der Waals surface area contributed by atoms with Gasteiger partial charge >= 0.3 is 17.9 Å². The van der Waals surface area contributed by atoms with Crippen LogP contribution in [0.1, 0.15) is 25.7 Å². The Morgan fingerprint density at radius 1 is 0.882 bits per heavy atom. The van der Waals surface area contributed by atoms with Gasteiger partial charge in [-0.05, 0) is 12.8 Å². The molecule has 0 heterocycles. The Balaban J connectivity index is 4.40. The largest absolute Gasteiger partial charge is 0.456 e. The van der Waals surface area contributed by atoms with E-state index in [4.69, 9.17) is 0 Å². The smallest absolute Gasteiger partial charge is 0.292 e. The van der Waals surface area contributed by atoms with Crippen molar-refractivity contribution in [3.05, 3.63) is 0 Å². The molecule has 0 aromatic rings. The summed E-state index contributed by atoms with van der Waals surface area (Å²) in [6, 6.07) is 0. The van der Waals surface area contributed by atoms with Gasteiger partial charge in [-0.15, -0.1) is 0 Å². The molecule has 0 radical (unpaired) electrons. The fraction of sp³-hybridized carbons (Fsp3) is 0.778. The Kier molecular flexibility index (Phi) is 5.63. The standard InChI is InChI=1S/C9H10F6O2/c10-5-3-1-2-4-6(16)8(11,12)7(17)9(13,14)15/h1-5H2. The van der Waals surface area contributed by atoms with E-state index < -0.39 is 36.8 Å². The maximum absolute atomic E-state index is 12.7. The van der Waals surface area contributed by atoms with E-state index in [-0.39, 0.29) is 19.3 Å². The fourth-order valence-electron chi connectivity index (χ4n) is 1.02. The lowest BCUT2D eigenvalue weighted by molar-refractivity contribution is -0.196. The highest BCUT2D eigenvalue weighted by Gasteiger charge is 2.58. The lowest BCUT2D eigenvalue weighted by Gasteiger charge is -2.15. The molecule has 0 rings (SSSR count). The first kappa shape index (κ1) is 15.9. The van der Waals surface area contributed by atoms with Crippen molar-refractivity contribution in [2.75, 3.05) is 6.67 Å². The highest BCUT2D eigenvalue weighted by Crippen LogP contribution is 2.29. The van der Waals surface area contributed by atoms with Gasteiger partial charge in [0.25, 0.3) is 0 Å². The molecule has 0 aromatic heterocycles. The molecule has 0 saturated carbocycles. The van der Waals surface area contributed by atoms with Crippen molar-refractivity contribution in [1.82, 2.24) is 0 Å². The molecule has 0 bridgehead atoms. The van der Waals surface area contributed by atoms with Crippen molar-refractivity contribution in [3.63, 3.8) is 0 Å². The van der Waals surface area contributed by atoms with Crippen LogP contribution in [0.15, 0.2) is 0 Å². The summed E-state index contributed by atoms with van der Waals surface area (Å²) in [7, 11) is 0. The molecule has 0 aliphatic carbocycles. The molecule has 0 unspecified atom stereocenters. The molecule has 0 atom stereocenters. The lowest BCUT2D eigenvalue weighted by atomic mass is 10.0. The number of alkyl halides is 6. The van der Waals surface area contributed by atoms with Gasteiger partial charge in [0.1, 0.15) is 0 Å². The third-order valence-electron chi connectivity index (χ3n) is 1.93. The van der Waals surface area contributed by atoms with Gasteiger partial charge in [0.05, 0.1) is 6.67 Å². The summed E-state index contributed by atoms with van der Waals surface area (Å²) < 4.78 is 72.2. The number of hydrogen-bond donors (Lipinski definition) is 0. The summed E-state index contributed by atoms with van der Waals surface area (Å²) in [6.45, 7) is -0.702. The number of carbonyl (C=O) groups is 2. The Morgan fingerprint density at radius 3 is 1.82 bits per heavy atom. The number of ketones is 2. The van der Waals surface area contributed by atoms with Crippen LogP contribution < -0.4 is 0 Å². The molecular formula is C9H10F6O2. The quantitative estimate of drug-likeness (QED) is 0.402. The summed E-state index contributed by atoms with van der Waals surface area (Å²) in [4.78, 5) is 21.0. The van der Waals surface area contributed by atoms with E-state index in [2.05, 4.69) is 0 Å². The van der Waals surface area contributed by atoms with E-state index in [9.17, 15) is 35.9 Å². The second-order valence-corrected chi connectivity index (χ2v) is 3.32. The zero-order valence-electron chi connectivity index (χ0n) is 8.62. The third kappa shape index (κ3) is 4.74. The molecule has 0 aliphatic heterocycles. The van der Waals surface area contributed by atoms with Crippen LogP contribution in [-0.2, 0) is 9.59 Å². The first-order valence-electron chi connectivity index (χ1n) is 4.72. The Hall–Kier alpha value is -1.08. The van der Waals surface area contributed by atoms with Gasteiger partial charge in [-0.1, -0.05) is 6.42 Å². The fourth-order valence-corrected chi connectivity index (χ4v) is 1.02. The first-order chi connectivity index (χ1) is 7.64. The number of hydrogen-bond acceptors (Lipinski definition) is 2. The third-order valence-corrected chi connectivity index (χ3v) is 1.93. The van der Waals surface area contributed by atoms with Crippen molar-refractivity contribution >= 4 is 11.6 Å². The highest BCUT2D eigenvalue weighted by atomic mass is 19.4. The number of carbonyl (C=O) groups excluding carboxylic acids is 2. The minimum Gasteiger partial charge on any atom is -0.292 e. The van der Waals surface area contributed by atoms with Gasteiger partial charge in [-0.2, -0.15) is 22.0 Å². The molecule has 0 amide bonds. The molecular weight excluding hydrogens is 254 g/mol. The Labute approximate surface area is 93.0 Å². The molecule has 100 valence electrons. The second-order valence-electron chi connectivity index (χ2n) is 3.32. The van der Waals surface area contributed by atoms with Gasteiger partial charge in [-0.25, -0.2) is 0 Å². The zero-order valence-corrected chi connectivity index (χ0v) is 8.62. The van der Waals surface area contributed by atoms with Crippen LogP contribution >= 0.6 is 0 Å². The maximum atomic E-state index is 12.7. The van der Waals surface area contributed by atoms with Crippen LogP contribution in [0, 0.1) is 0 Å². The molecule has 0 fully saturated rings. The number of Topliss-reactive ketones (excluding diaryl/α,β-unsaturated/α-hetero) is 2. The average Bonchev–Trinajstić information content (AvgIpc) is 2.21. The SMILES string of the molecule is O=C(CCCCCF)C(F)(F)C(=O)C(F)(F)F. The minimum atomic E-state index is -5.75. The minimum absolute atomic E-state index is 0.0338. The van der Waals surface area contributed by atoms with Crippen LogP contribution in [0.2, 0.25) is 0 Å². The normalized spacial score (nSPS) is 12.6. The van der Waals surface area contributed by atoms with Gasteiger partial charge in [0.15, 0.2) is 0 Å². The predicted molar refractivity (Wildman–Crippen MR) is 45.5 cm³/mol. The van der Waals surface area contributed by atoms with E-state index in [1.54, 1.807) is 0 Å². The van der Waals surface area contributed by atoms with Crippen molar-refractivity contribution in [1.29, 1.82) is 0 Å². The Morgan fingerprint density at radius 2 is 1.41 bits per heavy atom. The van der Waals surface area contributed by atoms with Crippen LogP contribution in [-0.4, -0.2) is 30.3 Å². The molecule has 8 heteroatoms. The van der Waals surface area contributed by atoms with Crippen molar-refractivity contribution in [2.24, 2.45) is 0 Å². The topological polar surface area (TPSA) is 34.1 Å². The lowest BCUT2D eigenvalue weighted by Crippen LogP contribution is -2.45. The van der Waals surface area contributed by atoms with Gasteiger partial charge < -0.3 is 0 Å². The summed E-state index contributed by atoms with van der Waals surface area (Å²) in [6.07, 6.45) is -6.68. The molecule has 17 heavy (non-hydrogen) atoms. The molecule has 0 spiro atoms. The number of halogens is 6. The van der Waals surface area contributed by atoms with Gasteiger partial charge in [0, 0.05) is 6.42 Å². The second kappa shape index (κ2) is 6.02. The maximum Gasteiger partial charge on any atom is 0.456 e. The average molecular weight is 264 g/mol. The van der Waals surface area contributed by atoms with E-state index in [1.165, 1.54) is 0 Å². The number of rotatable bonds is 7. The van der Waals surface area contributed by atoms with E-state index >= 15 is 0 Å². The van der Waals surface area contributed by atoms with Crippen LogP contribution in [0.4, 0.5) is 26.3 Å². The monoisotopic (exact) mass is 264 g/mol. The van der Waals surface area contributed by atoms with E-state index in [1.807, 2.05) is 0 Å². The van der Waals surface area contributed by atoms with Gasteiger partial charge in [0.2, 0.25) is 5.78 Å². The summed E-state index contributed by atoms with van der Waals surface area (Å²) in [5.41, 5.74) is 0. The van der Waals surface area contributed by atoms with Crippen molar-refractivity contribution in [3.8, 4) is 0 Å². The molecule has 0 aromatic carbocycles. The number of unbranched alkanes of at least 4 members (excludes halogenated alkanes) is 2. The van der Waals surface area contributed by atoms with Crippen molar-refractivity contribution in [2.45, 2.75) is 37.8 Å². The zero-order chi connectivity index (χ0) is 13.7. The highest BCUT2D eigenvalue weighted by molar-refractivity contribution is 6.10. The van der Waals surface area contributed by atoms with E-state index in [0.29, 0.717) is 0 Å². The summed E-state index contributed by atoms with van der Waals surface area (Å²) in [5, 5.41) is 0. The predicted octanol–water partition coefficient (Wildman–Crippen LogP) is 2.85. The van der Waals surface area contributed by atoms with Crippen LogP contribution in [0.25, 0.3) is 0 Å². The Bertz CT molecular complexity index is 284. The van der Waals surface area contributed by atoms with Crippen LogP contribution in [0.3, 0.4) is 0 Å². The van der Waals surface area contributed by atoms with Crippen molar-refractivity contribution < 1.29 is 35.9 Å². The molecule has 0 aliphatic rings. The molecule has 2 nitrogen and oxygen atoms in total. The van der Waals surface area contributed by atoms with Gasteiger partial charge in [-0.3, -0.25) is 14.0 Å². The molecule has 0 N–H and O–H groups in total. The molecule has 0 saturated heterocycles. The summed E-state index contributed by atoms with van der Waals surface area (Å²) >= 11 is 0. The summed E-state index contributed by atoms with van der Waals surface area (Å²) in [5.74, 6) is -10.5. The van der Waals surface area contributed by atoms with Crippen LogP contribution in [0.5, 0.6) is 0 Å². The van der Waals surface area contributed by atoms with E-state index in [0.717, 1.165) is 0 Å².